The number of quaternary nitrogens is 1. The molecule has 0 aromatic heterocycles. The quantitative estimate of drug-likeness (QED) is 0.716. The predicted molar refractivity (Wildman–Crippen MR) is 98.9 cm³/mol. The van der Waals surface area contributed by atoms with Crippen molar-refractivity contribution in [1.82, 2.24) is 5.32 Å². The largest absolute Gasteiger partial charge is 0.478 e. The second-order valence-corrected chi connectivity index (χ2v) is 6.77. The second-order valence-electron chi connectivity index (χ2n) is 6.77. The normalized spacial score (nSPS) is 15.8. The van der Waals surface area contributed by atoms with Gasteiger partial charge in [0.15, 0.2) is 6.10 Å². The molecule has 6 nitrogen and oxygen atoms in total. The fraction of sp³-hybridized carbons (Fsp3) is 0.300. The van der Waals surface area contributed by atoms with Crippen molar-refractivity contribution in [2.75, 3.05) is 19.4 Å². The molecule has 1 aliphatic rings. The van der Waals surface area contributed by atoms with Crippen molar-refractivity contribution < 1.29 is 19.2 Å². The first kappa shape index (κ1) is 17.9. The van der Waals surface area contributed by atoms with Gasteiger partial charge < -0.3 is 20.3 Å². The minimum absolute atomic E-state index is 0.0117. The van der Waals surface area contributed by atoms with Gasteiger partial charge in [-0.15, -0.1) is 0 Å². The molecule has 3 rings (SSSR count). The number of ether oxygens (including phenoxy) is 1. The van der Waals surface area contributed by atoms with Crippen molar-refractivity contribution >= 4 is 17.5 Å². The zero-order valence-electron chi connectivity index (χ0n) is 15.0. The van der Waals surface area contributed by atoms with Crippen LogP contribution >= 0.6 is 0 Å². The summed E-state index contributed by atoms with van der Waals surface area (Å²) in [5.41, 5.74) is 2.91. The molecule has 136 valence electrons. The molecule has 0 saturated carbocycles. The molecule has 0 bridgehead atoms. The molecule has 2 aromatic rings. The summed E-state index contributed by atoms with van der Waals surface area (Å²) < 4.78 is 5.64. The van der Waals surface area contributed by atoms with Crippen molar-refractivity contribution in [3.63, 3.8) is 0 Å². The van der Waals surface area contributed by atoms with E-state index in [0.717, 1.165) is 12.1 Å². The molecule has 0 fully saturated rings. The van der Waals surface area contributed by atoms with E-state index >= 15 is 0 Å². The lowest BCUT2D eigenvalue weighted by Crippen LogP contribution is -3.04. The lowest BCUT2D eigenvalue weighted by atomic mass is 10.1. The van der Waals surface area contributed by atoms with Crippen molar-refractivity contribution in [3.8, 4) is 5.75 Å². The van der Waals surface area contributed by atoms with Gasteiger partial charge >= 0.3 is 0 Å². The van der Waals surface area contributed by atoms with Gasteiger partial charge in [-0.25, -0.2) is 0 Å². The maximum atomic E-state index is 12.2. The summed E-state index contributed by atoms with van der Waals surface area (Å²) in [6.07, 6.45) is -0.822. The number of amides is 2. The molecule has 2 amide bonds. The number of carbonyl (C=O) groups is 2. The second kappa shape index (κ2) is 8.01. The molecule has 0 spiro atoms. The number of hydrogen-bond donors (Lipinski definition) is 3. The Balaban J connectivity index is 1.51. The number of para-hydroxylation sites is 2. The lowest BCUT2D eigenvalue weighted by Gasteiger charge is -2.25. The highest BCUT2D eigenvalue weighted by Gasteiger charge is 2.29. The van der Waals surface area contributed by atoms with Crippen molar-refractivity contribution in [1.29, 1.82) is 0 Å². The Bertz CT molecular complexity index is 787. The first-order valence-electron chi connectivity index (χ1n) is 8.71. The van der Waals surface area contributed by atoms with E-state index in [1.807, 2.05) is 24.3 Å². The van der Waals surface area contributed by atoms with Crippen LogP contribution in [0.4, 0.5) is 5.69 Å². The van der Waals surface area contributed by atoms with Gasteiger partial charge in [-0.05, 0) is 17.7 Å². The van der Waals surface area contributed by atoms with E-state index in [9.17, 15) is 9.59 Å². The van der Waals surface area contributed by atoms with E-state index in [2.05, 4.69) is 36.9 Å². The van der Waals surface area contributed by atoms with E-state index in [1.54, 1.807) is 12.1 Å². The average molecular weight is 354 g/mol. The molecule has 2 aromatic carbocycles. The standard InChI is InChI=1S/C20H23N3O3/c1-23(2)13-15-9-7-14(8-10-15)12-21-19(24)11-18-20(25)22-16-5-3-4-6-17(16)26-18/h3-10,18H,11-13H2,1-2H3,(H,21,24)(H,22,25)/p+1/t18-/m1/s1. The summed E-state index contributed by atoms with van der Waals surface area (Å²) in [6.45, 7) is 1.39. The number of benzene rings is 2. The number of rotatable bonds is 6. The average Bonchev–Trinajstić information content (AvgIpc) is 2.61. The van der Waals surface area contributed by atoms with Crippen LogP contribution in [0.3, 0.4) is 0 Å². The van der Waals surface area contributed by atoms with Gasteiger partial charge in [-0.3, -0.25) is 9.59 Å². The van der Waals surface area contributed by atoms with Crippen LogP contribution in [0.5, 0.6) is 5.75 Å². The molecule has 1 aliphatic heterocycles. The van der Waals surface area contributed by atoms with Crippen LogP contribution in [0.15, 0.2) is 48.5 Å². The van der Waals surface area contributed by atoms with Gasteiger partial charge in [0.05, 0.1) is 26.2 Å². The molecule has 0 radical (unpaired) electrons. The molecule has 6 heteroatoms. The summed E-state index contributed by atoms with van der Waals surface area (Å²) in [5, 5.41) is 5.61. The number of nitrogens with one attached hydrogen (secondary N) is 3. The molecular formula is C20H24N3O3+. The maximum Gasteiger partial charge on any atom is 0.266 e. The minimum atomic E-state index is -0.810. The third-order valence-electron chi connectivity index (χ3n) is 4.15. The van der Waals surface area contributed by atoms with Crippen LogP contribution in [0, 0.1) is 0 Å². The Morgan fingerprint density at radius 1 is 1.12 bits per heavy atom. The van der Waals surface area contributed by atoms with Crippen LogP contribution in [0.25, 0.3) is 0 Å². The summed E-state index contributed by atoms with van der Waals surface area (Å²) >= 11 is 0. The van der Waals surface area contributed by atoms with Gasteiger partial charge in [-0.2, -0.15) is 0 Å². The number of hydrogen-bond acceptors (Lipinski definition) is 3. The molecule has 0 aliphatic carbocycles. The minimum Gasteiger partial charge on any atom is -0.478 e. The van der Waals surface area contributed by atoms with E-state index < -0.39 is 6.10 Å². The van der Waals surface area contributed by atoms with Gasteiger partial charge in [0.2, 0.25) is 5.91 Å². The Kier molecular flexibility index (Phi) is 5.53. The summed E-state index contributed by atoms with van der Waals surface area (Å²) in [4.78, 5) is 25.6. The van der Waals surface area contributed by atoms with Gasteiger partial charge in [0, 0.05) is 12.1 Å². The summed E-state index contributed by atoms with van der Waals surface area (Å²) in [6, 6.07) is 15.4. The van der Waals surface area contributed by atoms with Crippen molar-refractivity contribution in [2.45, 2.75) is 25.6 Å². The maximum absolute atomic E-state index is 12.2. The van der Waals surface area contributed by atoms with Gasteiger partial charge in [0.25, 0.3) is 5.91 Å². The molecule has 0 unspecified atom stereocenters. The number of fused-ring (bicyclic) bond motifs is 1. The van der Waals surface area contributed by atoms with Crippen molar-refractivity contribution in [3.05, 3.63) is 59.7 Å². The highest BCUT2D eigenvalue weighted by molar-refractivity contribution is 5.99. The summed E-state index contributed by atoms with van der Waals surface area (Å²) in [5.74, 6) is 0.0734. The van der Waals surface area contributed by atoms with E-state index in [-0.39, 0.29) is 18.2 Å². The van der Waals surface area contributed by atoms with Crippen LogP contribution < -0.4 is 20.3 Å². The molecule has 26 heavy (non-hydrogen) atoms. The monoisotopic (exact) mass is 354 g/mol. The Morgan fingerprint density at radius 2 is 1.81 bits per heavy atom. The van der Waals surface area contributed by atoms with Gasteiger partial charge in [-0.1, -0.05) is 36.4 Å². The van der Waals surface area contributed by atoms with Crippen LogP contribution in [-0.2, 0) is 22.7 Å². The zero-order valence-corrected chi connectivity index (χ0v) is 15.0. The SMILES string of the molecule is C[NH+](C)Cc1ccc(CNC(=O)C[C@H]2Oc3ccccc3NC2=O)cc1. The van der Waals surface area contributed by atoms with Crippen LogP contribution in [0.2, 0.25) is 0 Å². The topological polar surface area (TPSA) is 71.9 Å². The Hall–Kier alpha value is -2.86. The summed E-state index contributed by atoms with van der Waals surface area (Å²) in [7, 11) is 4.21. The lowest BCUT2D eigenvalue weighted by molar-refractivity contribution is -0.872. The van der Waals surface area contributed by atoms with E-state index in [4.69, 9.17) is 4.74 Å². The Morgan fingerprint density at radius 3 is 2.54 bits per heavy atom. The molecule has 3 N–H and O–H groups in total. The predicted octanol–water partition coefficient (Wildman–Crippen LogP) is 0.737. The van der Waals surface area contributed by atoms with Gasteiger partial charge in [0.1, 0.15) is 12.3 Å². The molecule has 1 atom stereocenters. The first-order valence-corrected chi connectivity index (χ1v) is 8.71. The highest BCUT2D eigenvalue weighted by Crippen LogP contribution is 2.29. The third-order valence-corrected chi connectivity index (χ3v) is 4.15. The zero-order chi connectivity index (χ0) is 18.5. The third kappa shape index (κ3) is 4.61. The molecule has 0 saturated heterocycles. The number of anilines is 1. The van der Waals surface area contributed by atoms with E-state index in [0.29, 0.717) is 18.0 Å². The fourth-order valence-electron chi connectivity index (χ4n) is 2.85. The Labute approximate surface area is 153 Å². The van der Waals surface area contributed by atoms with Crippen LogP contribution in [0.1, 0.15) is 17.5 Å². The first-order chi connectivity index (χ1) is 12.5. The smallest absolute Gasteiger partial charge is 0.266 e. The van der Waals surface area contributed by atoms with E-state index in [1.165, 1.54) is 10.5 Å². The number of carbonyl (C=O) groups excluding carboxylic acids is 2. The highest BCUT2D eigenvalue weighted by atomic mass is 16.5. The van der Waals surface area contributed by atoms with Crippen molar-refractivity contribution in [2.24, 2.45) is 0 Å². The molecular weight excluding hydrogens is 330 g/mol. The molecule has 1 heterocycles. The fourth-order valence-corrected chi connectivity index (χ4v) is 2.85. The van der Waals surface area contributed by atoms with Crippen LogP contribution in [-0.4, -0.2) is 32.0 Å².